The number of amides is 1. The van der Waals surface area contributed by atoms with Crippen LogP contribution in [0, 0.1) is 0 Å². The zero-order chi connectivity index (χ0) is 11.0. The third-order valence-corrected chi connectivity index (χ3v) is 3.60. The van der Waals surface area contributed by atoms with Crippen LogP contribution in [0.25, 0.3) is 0 Å². The Morgan fingerprint density at radius 3 is 2.69 bits per heavy atom. The van der Waals surface area contributed by atoms with Gasteiger partial charge in [0, 0.05) is 5.56 Å². The third kappa shape index (κ3) is 1.39. The Kier molecular flexibility index (Phi) is 2.13. The molecule has 16 heavy (non-hydrogen) atoms. The molecule has 1 aliphatic heterocycles. The molecular formula is C13H15NO2. The van der Waals surface area contributed by atoms with Gasteiger partial charge in [-0.05, 0) is 31.7 Å². The first-order valence-electron chi connectivity index (χ1n) is 5.90. The minimum absolute atomic E-state index is 0.305. The van der Waals surface area contributed by atoms with Crippen molar-refractivity contribution in [3.63, 3.8) is 0 Å². The molecule has 0 aromatic heterocycles. The third-order valence-electron chi connectivity index (χ3n) is 3.60. The molecule has 0 atom stereocenters. The van der Waals surface area contributed by atoms with Crippen molar-refractivity contribution in [2.24, 2.45) is 0 Å². The number of ether oxygens (including phenoxy) is 1. The van der Waals surface area contributed by atoms with E-state index in [2.05, 4.69) is 11.4 Å². The zero-order valence-corrected chi connectivity index (χ0v) is 9.16. The van der Waals surface area contributed by atoms with Crippen LogP contribution in [0.1, 0.15) is 37.7 Å². The Morgan fingerprint density at radius 2 is 1.88 bits per heavy atom. The minimum atomic E-state index is -0.350. The van der Waals surface area contributed by atoms with E-state index in [1.54, 1.807) is 0 Å². The van der Waals surface area contributed by atoms with Crippen molar-refractivity contribution in [2.45, 2.75) is 37.7 Å². The van der Waals surface area contributed by atoms with E-state index in [9.17, 15) is 4.79 Å². The van der Waals surface area contributed by atoms with E-state index in [1.807, 2.05) is 18.2 Å². The molecule has 1 aliphatic carbocycles. The van der Waals surface area contributed by atoms with Crippen LogP contribution in [0.2, 0.25) is 0 Å². The van der Waals surface area contributed by atoms with Gasteiger partial charge in [-0.25, -0.2) is 4.79 Å². The van der Waals surface area contributed by atoms with Gasteiger partial charge in [-0.1, -0.05) is 24.6 Å². The molecule has 0 bridgehead atoms. The quantitative estimate of drug-likeness (QED) is 0.723. The van der Waals surface area contributed by atoms with Crippen molar-refractivity contribution in [2.75, 3.05) is 5.32 Å². The fourth-order valence-electron chi connectivity index (χ4n) is 2.85. The van der Waals surface area contributed by atoms with Crippen LogP contribution in [-0.4, -0.2) is 6.09 Å². The summed E-state index contributed by atoms with van der Waals surface area (Å²) in [6.45, 7) is 0. The predicted octanol–water partition coefficient (Wildman–Crippen LogP) is 3.41. The number of nitrogens with one attached hydrogen (secondary N) is 1. The number of carbonyl (C=O) groups excluding carboxylic acids is 1. The van der Waals surface area contributed by atoms with E-state index in [1.165, 1.54) is 6.42 Å². The van der Waals surface area contributed by atoms with E-state index < -0.39 is 0 Å². The molecule has 2 aliphatic rings. The lowest BCUT2D eigenvalue weighted by molar-refractivity contribution is -0.0179. The van der Waals surface area contributed by atoms with Crippen LogP contribution in [0.3, 0.4) is 0 Å². The number of anilines is 1. The van der Waals surface area contributed by atoms with E-state index in [-0.39, 0.29) is 11.7 Å². The zero-order valence-electron chi connectivity index (χ0n) is 9.16. The summed E-state index contributed by atoms with van der Waals surface area (Å²) >= 11 is 0. The van der Waals surface area contributed by atoms with Crippen molar-refractivity contribution in [3.05, 3.63) is 29.8 Å². The van der Waals surface area contributed by atoms with Crippen molar-refractivity contribution in [3.8, 4) is 0 Å². The predicted molar refractivity (Wildman–Crippen MR) is 61.3 cm³/mol. The van der Waals surface area contributed by atoms with Crippen LogP contribution < -0.4 is 5.32 Å². The highest BCUT2D eigenvalue weighted by Gasteiger charge is 2.42. The van der Waals surface area contributed by atoms with Gasteiger partial charge in [-0.3, -0.25) is 5.32 Å². The maximum Gasteiger partial charge on any atom is 0.412 e. The lowest BCUT2D eigenvalue weighted by Crippen LogP contribution is -2.40. The summed E-state index contributed by atoms with van der Waals surface area (Å²) in [7, 11) is 0. The van der Waals surface area contributed by atoms with Crippen molar-refractivity contribution in [1.29, 1.82) is 0 Å². The second kappa shape index (κ2) is 3.51. The van der Waals surface area contributed by atoms with E-state index in [4.69, 9.17) is 4.74 Å². The number of hydrogen-bond donors (Lipinski definition) is 1. The van der Waals surface area contributed by atoms with Crippen LogP contribution >= 0.6 is 0 Å². The summed E-state index contributed by atoms with van der Waals surface area (Å²) in [4.78, 5) is 11.6. The molecule has 0 saturated heterocycles. The molecule has 0 radical (unpaired) electrons. The molecule has 1 N–H and O–H groups in total. The first-order chi connectivity index (χ1) is 7.80. The molecule has 84 valence electrons. The molecule has 3 rings (SSSR count). The fraction of sp³-hybridized carbons (Fsp3) is 0.462. The van der Waals surface area contributed by atoms with Gasteiger partial charge in [0.25, 0.3) is 0 Å². The van der Waals surface area contributed by atoms with Gasteiger partial charge in [0.15, 0.2) is 0 Å². The maximum atomic E-state index is 11.6. The Labute approximate surface area is 94.8 Å². The van der Waals surface area contributed by atoms with E-state index >= 15 is 0 Å². The van der Waals surface area contributed by atoms with Gasteiger partial charge in [-0.2, -0.15) is 0 Å². The number of carbonyl (C=O) groups is 1. The number of para-hydroxylation sites is 1. The molecule has 1 aromatic rings. The lowest BCUT2D eigenvalue weighted by atomic mass is 9.78. The van der Waals surface area contributed by atoms with Crippen molar-refractivity contribution in [1.82, 2.24) is 0 Å². The second-order valence-corrected chi connectivity index (χ2v) is 4.62. The highest BCUT2D eigenvalue weighted by atomic mass is 16.6. The summed E-state index contributed by atoms with van der Waals surface area (Å²) in [5.74, 6) is 0. The smallest absolute Gasteiger partial charge is 0.412 e. The molecular weight excluding hydrogens is 202 g/mol. The van der Waals surface area contributed by atoms with E-state index in [0.717, 1.165) is 36.9 Å². The summed E-state index contributed by atoms with van der Waals surface area (Å²) in [6, 6.07) is 7.98. The van der Waals surface area contributed by atoms with Crippen molar-refractivity contribution >= 4 is 11.8 Å². The topological polar surface area (TPSA) is 38.3 Å². The van der Waals surface area contributed by atoms with Crippen LogP contribution in [0.15, 0.2) is 24.3 Å². The number of fused-ring (bicyclic) bond motifs is 2. The molecule has 1 aromatic carbocycles. The largest absolute Gasteiger partial charge is 0.438 e. The number of benzene rings is 1. The minimum Gasteiger partial charge on any atom is -0.438 e. The average Bonchev–Trinajstić information content (AvgIpc) is 2.30. The van der Waals surface area contributed by atoms with Crippen LogP contribution in [-0.2, 0) is 10.3 Å². The number of hydrogen-bond acceptors (Lipinski definition) is 2. The Balaban J connectivity index is 2.08. The fourth-order valence-corrected chi connectivity index (χ4v) is 2.85. The highest BCUT2D eigenvalue weighted by molar-refractivity contribution is 5.88. The summed E-state index contributed by atoms with van der Waals surface area (Å²) in [6.07, 6.45) is 5.13. The Bertz CT molecular complexity index is 422. The first-order valence-corrected chi connectivity index (χ1v) is 5.90. The normalized spacial score (nSPS) is 22.1. The molecule has 1 spiro atoms. The van der Waals surface area contributed by atoms with Crippen molar-refractivity contribution < 1.29 is 9.53 Å². The maximum absolute atomic E-state index is 11.6. The summed E-state index contributed by atoms with van der Waals surface area (Å²) < 4.78 is 5.59. The average molecular weight is 217 g/mol. The number of rotatable bonds is 0. The molecule has 1 fully saturated rings. The SMILES string of the molecule is O=C1Nc2ccccc2C2(CCCCC2)O1. The monoisotopic (exact) mass is 217 g/mol. The van der Waals surface area contributed by atoms with Gasteiger partial charge >= 0.3 is 6.09 Å². The molecule has 0 unspecified atom stereocenters. The standard InChI is InChI=1S/C13H15NO2/c15-12-14-11-7-3-2-6-10(11)13(16-12)8-4-1-5-9-13/h2-3,6-7H,1,4-5,8-9H2,(H,14,15). The van der Waals surface area contributed by atoms with Crippen LogP contribution in [0.4, 0.5) is 10.5 Å². The van der Waals surface area contributed by atoms with Gasteiger partial charge in [-0.15, -0.1) is 0 Å². The first kappa shape index (κ1) is 9.70. The second-order valence-electron chi connectivity index (χ2n) is 4.62. The van der Waals surface area contributed by atoms with Gasteiger partial charge in [0.1, 0.15) is 5.60 Å². The summed E-state index contributed by atoms with van der Waals surface area (Å²) in [5, 5.41) is 2.77. The van der Waals surface area contributed by atoms with Crippen LogP contribution in [0.5, 0.6) is 0 Å². The highest BCUT2D eigenvalue weighted by Crippen LogP contribution is 2.45. The molecule has 1 heterocycles. The van der Waals surface area contributed by atoms with Gasteiger partial charge < -0.3 is 4.74 Å². The van der Waals surface area contributed by atoms with E-state index in [0.29, 0.717) is 0 Å². The Morgan fingerprint density at radius 1 is 1.12 bits per heavy atom. The summed E-state index contributed by atoms with van der Waals surface area (Å²) in [5.41, 5.74) is 1.71. The molecule has 1 saturated carbocycles. The molecule has 3 nitrogen and oxygen atoms in total. The Hall–Kier alpha value is -1.51. The molecule has 1 amide bonds. The van der Waals surface area contributed by atoms with Gasteiger partial charge in [0.05, 0.1) is 5.69 Å². The molecule has 3 heteroatoms. The van der Waals surface area contributed by atoms with Gasteiger partial charge in [0.2, 0.25) is 0 Å². The lowest BCUT2D eigenvalue weighted by Gasteiger charge is -2.41.